The summed E-state index contributed by atoms with van der Waals surface area (Å²) in [5, 5.41) is 14.1. The van der Waals surface area contributed by atoms with Crippen LogP contribution in [0.2, 0.25) is 0 Å². The van der Waals surface area contributed by atoms with E-state index in [1.165, 1.54) is 16.5 Å². The molecule has 140 valence electrons. The first-order valence-electron chi connectivity index (χ1n) is 8.27. The summed E-state index contributed by atoms with van der Waals surface area (Å²) in [5.41, 5.74) is 0.983. The van der Waals surface area contributed by atoms with E-state index in [1.54, 1.807) is 38.7 Å². The number of ether oxygens (including phenoxy) is 1. The minimum atomic E-state index is -0.407. The van der Waals surface area contributed by atoms with Crippen LogP contribution in [0.3, 0.4) is 0 Å². The lowest BCUT2D eigenvalue weighted by Crippen LogP contribution is -2.25. The van der Waals surface area contributed by atoms with Gasteiger partial charge in [0.25, 0.3) is 5.91 Å². The van der Waals surface area contributed by atoms with E-state index < -0.39 is 5.91 Å². The first kappa shape index (κ1) is 16.9. The molecule has 0 saturated carbocycles. The van der Waals surface area contributed by atoms with Gasteiger partial charge in [0.05, 0.1) is 24.9 Å². The summed E-state index contributed by atoms with van der Waals surface area (Å²) >= 11 is 0. The van der Waals surface area contributed by atoms with Gasteiger partial charge in [-0.15, -0.1) is 5.10 Å². The fourth-order valence-electron chi connectivity index (χ4n) is 3.26. The van der Waals surface area contributed by atoms with Crippen LogP contribution in [0.4, 0.5) is 11.6 Å². The maximum absolute atomic E-state index is 12.8. The minimum absolute atomic E-state index is 0.140. The van der Waals surface area contributed by atoms with E-state index in [0.29, 0.717) is 23.0 Å². The molecule has 3 aromatic rings. The Morgan fingerprint density at radius 3 is 2.93 bits per heavy atom. The third-order valence-electron chi connectivity index (χ3n) is 4.43. The largest absolute Gasteiger partial charge is 0.479 e. The predicted octanol–water partition coefficient (Wildman–Crippen LogP) is 1.48. The second-order valence-electron chi connectivity index (χ2n) is 6.23. The Hall–Kier alpha value is -3.56. The molecule has 1 atom stereocenters. The molecule has 10 nitrogen and oxygen atoms in total. The van der Waals surface area contributed by atoms with Crippen molar-refractivity contribution in [3.63, 3.8) is 0 Å². The number of methoxy groups -OCH3 is 1. The number of rotatable bonds is 4. The van der Waals surface area contributed by atoms with E-state index in [0.717, 1.165) is 0 Å². The molecule has 27 heavy (non-hydrogen) atoms. The average Bonchev–Trinajstić information content (AvgIpc) is 3.34. The van der Waals surface area contributed by atoms with E-state index in [2.05, 4.69) is 20.8 Å². The molecule has 0 radical (unpaired) electrons. The number of carbonyl (C=O) groups excluding carboxylic acids is 2. The number of fused-ring (bicyclic) bond motifs is 1. The third kappa shape index (κ3) is 2.84. The molecule has 0 aliphatic carbocycles. The van der Waals surface area contributed by atoms with Crippen LogP contribution in [0.25, 0.3) is 0 Å². The number of nitrogens with one attached hydrogen (secondary N) is 2. The zero-order valence-electron chi connectivity index (χ0n) is 15.0. The number of furan rings is 1. The Morgan fingerprint density at radius 2 is 2.22 bits per heavy atom. The van der Waals surface area contributed by atoms with Gasteiger partial charge in [-0.2, -0.15) is 5.10 Å². The van der Waals surface area contributed by atoms with Gasteiger partial charge in [0.2, 0.25) is 11.8 Å². The summed E-state index contributed by atoms with van der Waals surface area (Å²) in [7, 11) is 4.85. The molecule has 0 aromatic carbocycles. The number of nitrogens with zero attached hydrogens (tertiary/aromatic N) is 4. The van der Waals surface area contributed by atoms with Gasteiger partial charge in [-0.25, -0.2) is 0 Å². The van der Waals surface area contributed by atoms with Crippen molar-refractivity contribution in [2.75, 3.05) is 17.7 Å². The van der Waals surface area contributed by atoms with E-state index in [1.807, 2.05) is 0 Å². The molecule has 2 amide bonds. The maximum Gasteiger partial charge on any atom is 0.263 e. The van der Waals surface area contributed by atoms with E-state index in [-0.39, 0.29) is 29.7 Å². The van der Waals surface area contributed by atoms with Gasteiger partial charge in [-0.3, -0.25) is 19.0 Å². The predicted molar refractivity (Wildman–Crippen MR) is 94.7 cm³/mol. The molecule has 1 unspecified atom stereocenters. The van der Waals surface area contributed by atoms with Crippen LogP contribution in [-0.4, -0.2) is 38.5 Å². The number of aryl methyl sites for hydroxylation is 2. The van der Waals surface area contributed by atoms with E-state index in [4.69, 9.17) is 9.15 Å². The molecule has 0 spiro atoms. The highest BCUT2D eigenvalue weighted by Crippen LogP contribution is 2.41. The molecule has 2 N–H and O–H groups in total. The zero-order chi connectivity index (χ0) is 19.1. The van der Waals surface area contributed by atoms with Crippen LogP contribution in [0.5, 0.6) is 5.88 Å². The maximum atomic E-state index is 12.8. The van der Waals surface area contributed by atoms with Gasteiger partial charge in [-0.1, -0.05) is 0 Å². The first-order chi connectivity index (χ1) is 13.0. The Morgan fingerprint density at radius 1 is 1.41 bits per heavy atom. The molecule has 0 fully saturated rings. The topological polar surface area (TPSA) is 116 Å². The Kier molecular flexibility index (Phi) is 3.94. The summed E-state index contributed by atoms with van der Waals surface area (Å²) in [6.45, 7) is 0. The molecule has 3 aromatic heterocycles. The van der Waals surface area contributed by atoms with Crippen LogP contribution in [0.15, 0.2) is 29.0 Å². The number of anilines is 2. The van der Waals surface area contributed by atoms with Gasteiger partial charge in [-0.05, 0) is 12.1 Å². The van der Waals surface area contributed by atoms with Crippen molar-refractivity contribution < 1.29 is 18.7 Å². The molecular formula is C17H18N6O4. The van der Waals surface area contributed by atoms with Crippen molar-refractivity contribution in [1.29, 1.82) is 0 Å². The van der Waals surface area contributed by atoms with Gasteiger partial charge in [0.15, 0.2) is 5.82 Å². The number of carbonyl (C=O) groups is 2. The fourth-order valence-corrected chi connectivity index (χ4v) is 3.26. The standard InChI is InChI=1S/C17H18N6O4/c1-22-8-10(17(21-22)26-3)16(25)19-14-13-9(11-5-4-6-27-11)7-12(24)18-15(13)23(2)20-14/h4-6,8-9H,7H2,1-3H3,(H,18,24)(H,19,20,25). The van der Waals surface area contributed by atoms with Crippen LogP contribution >= 0.6 is 0 Å². The van der Waals surface area contributed by atoms with Crippen molar-refractivity contribution >= 4 is 23.5 Å². The summed E-state index contributed by atoms with van der Waals surface area (Å²) in [5.74, 6) is 0.841. The average molecular weight is 370 g/mol. The molecular weight excluding hydrogens is 352 g/mol. The number of hydrogen-bond acceptors (Lipinski definition) is 6. The van der Waals surface area contributed by atoms with Crippen LogP contribution in [0, 0.1) is 0 Å². The minimum Gasteiger partial charge on any atom is -0.479 e. The highest BCUT2D eigenvalue weighted by molar-refractivity contribution is 6.06. The Bertz CT molecular complexity index is 1020. The Labute approximate surface area is 154 Å². The van der Waals surface area contributed by atoms with Crippen molar-refractivity contribution in [2.24, 2.45) is 14.1 Å². The molecule has 4 rings (SSSR count). The summed E-state index contributed by atoms with van der Waals surface area (Å²) < 4.78 is 13.7. The number of aromatic nitrogens is 4. The summed E-state index contributed by atoms with van der Waals surface area (Å²) in [6.07, 6.45) is 3.32. The quantitative estimate of drug-likeness (QED) is 0.719. The lowest BCUT2D eigenvalue weighted by Gasteiger charge is -2.22. The first-order valence-corrected chi connectivity index (χ1v) is 8.27. The summed E-state index contributed by atoms with van der Waals surface area (Å²) in [4.78, 5) is 24.9. The van der Waals surface area contributed by atoms with E-state index >= 15 is 0 Å². The molecule has 10 heteroatoms. The lowest BCUT2D eigenvalue weighted by molar-refractivity contribution is -0.116. The monoisotopic (exact) mass is 370 g/mol. The highest BCUT2D eigenvalue weighted by Gasteiger charge is 2.35. The van der Waals surface area contributed by atoms with Crippen LogP contribution in [-0.2, 0) is 18.9 Å². The highest BCUT2D eigenvalue weighted by atomic mass is 16.5. The van der Waals surface area contributed by atoms with Gasteiger partial charge < -0.3 is 19.8 Å². The number of amides is 2. The number of hydrogen-bond donors (Lipinski definition) is 2. The Balaban J connectivity index is 1.73. The molecule has 4 heterocycles. The van der Waals surface area contributed by atoms with E-state index in [9.17, 15) is 9.59 Å². The third-order valence-corrected chi connectivity index (χ3v) is 4.43. The second-order valence-corrected chi connectivity index (χ2v) is 6.23. The molecule has 1 aliphatic heterocycles. The van der Waals surface area contributed by atoms with Gasteiger partial charge in [0, 0.05) is 26.7 Å². The molecule has 0 saturated heterocycles. The lowest BCUT2D eigenvalue weighted by atomic mass is 9.91. The van der Waals surface area contributed by atoms with Gasteiger partial charge in [0.1, 0.15) is 17.1 Å². The molecule has 0 bridgehead atoms. The van der Waals surface area contributed by atoms with Crippen LogP contribution in [0.1, 0.15) is 34.0 Å². The summed E-state index contributed by atoms with van der Waals surface area (Å²) in [6, 6.07) is 3.56. The zero-order valence-corrected chi connectivity index (χ0v) is 15.0. The second kappa shape index (κ2) is 6.31. The molecule has 1 aliphatic rings. The van der Waals surface area contributed by atoms with Crippen molar-refractivity contribution in [3.8, 4) is 5.88 Å². The van der Waals surface area contributed by atoms with Gasteiger partial charge >= 0.3 is 0 Å². The smallest absolute Gasteiger partial charge is 0.263 e. The van der Waals surface area contributed by atoms with Crippen LogP contribution < -0.4 is 15.4 Å². The van der Waals surface area contributed by atoms with Crippen molar-refractivity contribution in [1.82, 2.24) is 19.6 Å². The van der Waals surface area contributed by atoms with Crippen molar-refractivity contribution in [2.45, 2.75) is 12.3 Å². The SMILES string of the molecule is COc1nn(C)cc1C(=O)Nc1nn(C)c2c1C(c1ccco1)CC(=O)N2. The fraction of sp³-hybridized carbons (Fsp3) is 0.294. The normalized spacial score (nSPS) is 16.0. The van der Waals surface area contributed by atoms with Crippen molar-refractivity contribution in [3.05, 3.63) is 41.5 Å².